The van der Waals surface area contributed by atoms with Crippen LogP contribution in [0.2, 0.25) is 0 Å². The van der Waals surface area contributed by atoms with Gasteiger partial charge in [-0.15, -0.1) is 0 Å². The standard InChI is InChI=1S/C18H30N2O3/c1-19-16(21)14-5-2-3-6-15(14)17(22)20-10-4-7-18(13-20)8-11-23-12-9-18/h14-15H,2-13H2,1H3,(H,19,21)/t14-,15+/m1/s1. The van der Waals surface area contributed by atoms with Gasteiger partial charge in [-0.2, -0.15) is 0 Å². The molecule has 0 unspecified atom stereocenters. The van der Waals surface area contributed by atoms with Crippen molar-refractivity contribution in [3.8, 4) is 0 Å². The van der Waals surface area contributed by atoms with E-state index in [-0.39, 0.29) is 29.1 Å². The first-order valence-corrected chi connectivity index (χ1v) is 9.23. The SMILES string of the molecule is CNC(=O)[C@@H]1CCCC[C@@H]1C(=O)N1CCCC2(CCOCC2)C1. The minimum Gasteiger partial charge on any atom is -0.381 e. The smallest absolute Gasteiger partial charge is 0.226 e. The van der Waals surface area contributed by atoms with Gasteiger partial charge >= 0.3 is 0 Å². The van der Waals surface area contributed by atoms with Gasteiger partial charge in [0.2, 0.25) is 11.8 Å². The highest BCUT2D eigenvalue weighted by atomic mass is 16.5. The van der Waals surface area contributed by atoms with E-state index in [1.54, 1.807) is 7.05 Å². The van der Waals surface area contributed by atoms with Gasteiger partial charge in [-0.25, -0.2) is 0 Å². The van der Waals surface area contributed by atoms with Crippen LogP contribution in [-0.2, 0) is 14.3 Å². The Balaban J connectivity index is 1.69. The zero-order valence-corrected chi connectivity index (χ0v) is 14.3. The van der Waals surface area contributed by atoms with Crippen molar-refractivity contribution in [3.63, 3.8) is 0 Å². The Morgan fingerprint density at radius 3 is 2.43 bits per heavy atom. The Labute approximate surface area is 139 Å². The van der Waals surface area contributed by atoms with E-state index >= 15 is 0 Å². The number of hydrogen-bond donors (Lipinski definition) is 1. The lowest BCUT2D eigenvalue weighted by Crippen LogP contribution is -2.52. The molecule has 5 heteroatoms. The Morgan fingerprint density at radius 1 is 1.04 bits per heavy atom. The van der Waals surface area contributed by atoms with Crippen LogP contribution in [-0.4, -0.2) is 50.1 Å². The zero-order chi connectivity index (χ0) is 16.3. The van der Waals surface area contributed by atoms with Gasteiger partial charge in [-0.1, -0.05) is 12.8 Å². The highest BCUT2D eigenvalue weighted by Crippen LogP contribution is 2.40. The largest absolute Gasteiger partial charge is 0.381 e. The van der Waals surface area contributed by atoms with E-state index in [9.17, 15) is 9.59 Å². The molecule has 1 spiro atoms. The maximum Gasteiger partial charge on any atom is 0.226 e. The molecule has 3 aliphatic rings. The predicted octanol–water partition coefficient (Wildman–Crippen LogP) is 1.96. The summed E-state index contributed by atoms with van der Waals surface area (Å²) >= 11 is 0. The van der Waals surface area contributed by atoms with E-state index in [1.807, 2.05) is 0 Å². The van der Waals surface area contributed by atoms with Crippen molar-refractivity contribution in [1.29, 1.82) is 0 Å². The normalized spacial score (nSPS) is 30.9. The molecule has 0 bridgehead atoms. The molecule has 2 heterocycles. The summed E-state index contributed by atoms with van der Waals surface area (Å²) in [5.41, 5.74) is 0.267. The summed E-state index contributed by atoms with van der Waals surface area (Å²) in [6, 6.07) is 0. The second kappa shape index (κ2) is 7.20. The second-order valence-electron chi connectivity index (χ2n) is 7.59. The molecular formula is C18H30N2O3. The van der Waals surface area contributed by atoms with Gasteiger partial charge in [0.15, 0.2) is 0 Å². The third-order valence-electron chi connectivity index (χ3n) is 6.19. The second-order valence-corrected chi connectivity index (χ2v) is 7.59. The van der Waals surface area contributed by atoms with Crippen molar-refractivity contribution < 1.29 is 14.3 Å². The number of amides is 2. The molecule has 2 aliphatic heterocycles. The average molecular weight is 322 g/mol. The Kier molecular flexibility index (Phi) is 5.24. The quantitative estimate of drug-likeness (QED) is 0.845. The topological polar surface area (TPSA) is 58.6 Å². The van der Waals surface area contributed by atoms with Crippen molar-refractivity contribution in [3.05, 3.63) is 0 Å². The molecule has 5 nitrogen and oxygen atoms in total. The molecular weight excluding hydrogens is 292 g/mol. The summed E-state index contributed by atoms with van der Waals surface area (Å²) in [6.45, 7) is 3.38. The monoisotopic (exact) mass is 322 g/mol. The van der Waals surface area contributed by atoms with Gasteiger partial charge in [-0.3, -0.25) is 9.59 Å². The molecule has 130 valence electrons. The number of hydrogen-bond acceptors (Lipinski definition) is 3. The summed E-state index contributed by atoms with van der Waals surface area (Å²) in [5.74, 6) is 0.0252. The molecule has 2 saturated heterocycles. The highest BCUT2D eigenvalue weighted by Gasteiger charge is 2.42. The first-order chi connectivity index (χ1) is 11.2. The fraction of sp³-hybridized carbons (Fsp3) is 0.889. The van der Waals surface area contributed by atoms with E-state index in [1.165, 1.54) is 6.42 Å². The van der Waals surface area contributed by atoms with Crippen molar-refractivity contribution in [2.45, 2.75) is 51.4 Å². The van der Waals surface area contributed by atoms with Crippen molar-refractivity contribution in [2.75, 3.05) is 33.4 Å². The summed E-state index contributed by atoms with van der Waals surface area (Å²) in [5, 5.41) is 2.75. The highest BCUT2D eigenvalue weighted by molar-refractivity contribution is 5.87. The molecule has 2 amide bonds. The van der Waals surface area contributed by atoms with Crippen LogP contribution in [0, 0.1) is 17.3 Å². The van der Waals surface area contributed by atoms with Gasteiger partial charge in [0.25, 0.3) is 0 Å². The van der Waals surface area contributed by atoms with Gasteiger partial charge in [0.1, 0.15) is 0 Å². The van der Waals surface area contributed by atoms with Crippen LogP contribution in [0.1, 0.15) is 51.4 Å². The maximum atomic E-state index is 13.1. The Hall–Kier alpha value is -1.10. The zero-order valence-electron chi connectivity index (χ0n) is 14.3. The summed E-state index contributed by atoms with van der Waals surface area (Å²) in [7, 11) is 1.68. The van der Waals surface area contributed by atoms with E-state index in [0.29, 0.717) is 0 Å². The van der Waals surface area contributed by atoms with Crippen LogP contribution in [0.25, 0.3) is 0 Å². The summed E-state index contributed by atoms with van der Waals surface area (Å²) in [4.78, 5) is 27.4. The minimum absolute atomic E-state index is 0.0424. The lowest BCUT2D eigenvalue weighted by Gasteiger charge is -2.46. The van der Waals surface area contributed by atoms with Crippen LogP contribution >= 0.6 is 0 Å². The average Bonchev–Trinajstić information content (AvgIpc) is 2.61. The van der Waals surface area contributed by atoms with Crippen LogP contribution in [0.4, 0.5) is 0 Å². The van der Waals surface area contributed by atoms with E-state index in [0.717, 1.165) is 71.2 Å². The first-order valence-electron chi connectivity index (χ1n) is 9.23. The van der Waals surface area contributed by atoms with E-state index < -0.39 is 0 Å². The molecule has 3 rings (SSSR count). The number of ether oxygens (including phenoxy) is 1. The van der Waals surface area contributed by atoms with Crippen molar-refractivity contribution >= 4 is 11.8 Å². The van der Waals surface area contributed by atoms with E-state index in [4.69, 9.17) is 4.74 Å². The number of carbonyl (C=O) groups excluding carboxylic acids is 2. The molecule has 0 aromatic heterocycles. The molecule has 23 heavy (non-hydrogen) atoms. The number of nitrogens with one attached hydrogen (secondary N) is 1. The van der Waals surface area contributed by atoms with Gasteiger partial charge < -0.3 is 15.0 Å². The molecule has 3 fully saturated rings. The maximum absolute atomic E-state index is 13.1. The Morgan fingerprint density at radius 2 is 1.74 bits per heavy atom. The molecule has 2 atom stereocenters. The number of piperidine rings is 1. The van der Waals surface area contributed by atoms with Gasteiger partial charge in [-0.05, 0) is 43.9 Å². The van der Waals surface area contributed by atoms with Crippen LogP contribution < -0.4 is 5.32 Å². The van der Waals surface area contributed by atoms with Crippen LogP contribution in [0.15, 0.2) is 0 Å². The van der Waals surface area contributed by atoms with Crippen LogP contribution in [0.3, 0.4) is 0 Å². The third-order valence-corrected chi connectivity index (χ3v) is 6.19. The van der Waals surface area contributed by atoms with Gasteiger partial charge in [0, 0.05) is 45.2 Å². The number of carbonyl (C=O) groups is 2. The fourth-order valence-corrected chi connectivity index (χ4v) is 4.77. The first kappa shape index (κ1) is 16.7. The van der Waals surface area contributed by atoms with Crippen molar-refractivity contribution in [2.24, 2.45) is 17.3 Å². The molecule has 1 saturated carbocycles. The Bertz CT molecular complexity index is 440. The molecule has 0 radical (unpaired) electrons. The number of likely N-dealkylation sites (tertiary alicyclic amines) is 1. The molecule has 0 aromatic rings. The molecule has 0 aromatic carbocycles. The predicted molar refractivity (Wildman–Crippen MR) is 87.8 cm³/mol. The number of nitrogens with zero attached hydrogens (tertiary/aromatic N) is 1. The van der Waals surface area contributed by atoms with Crippen molar-refractivity contribution in [1.82, 2.24) is 10.2 Å². The minimum atomic E-state index is -0.131. The lowest BCUT2D eigenvalue weighted by atomic mass is 9.72. The van der Waals surface area contributed by atoms with E-state index in [2.05, 4.69) is 10.2 Å². The summed E-state index contributed by atoms with van der Waals surface area (Å²) in [6.07, 6.45) is 8.28. The van der Waals surface area contributed by atoms with Crippen LogP contribution in [0.5, 0.6) is 0 Å². The molecule has 1 aliphatic carbocycles. The third kappa shape index (κ3) is 3.54. The lowest BCUT2D eigenvalue weighted by molar-refractivity contribution is -0.148. The summed E-state index contributed by atoms with van der Waals surface area (Å²) < 4.78 is 5.52. The fourth-order valence-electron chi connectivity index (χ4n) is 4.77. The number of rotatable bonds is 2. The molecule has 1 N–H and O–H groups in total. The van der Waals surface area contributed by atoms with Gasteiger partial charge in [0.05, 0.1) is 0 Å².